The van der Waals surface area contributed by atoms with E-state index in [1.165, 1.54) is 12.5 Å². The van der Waals surface area contributed by atoms with Gasteiger partial charge in [-0.05, 0) is 33.1 Å². The number of esters is 1. The minimum atomic E-state index is -0.514. The Labute approximate surface area is 155 Å². The molecule has 1 saturated carbocycles. The van der Waals surface area contributed by atoms with Gasteiger partial charge in [-0.1, -0.05) is 12.0 Å². The van der Waals surface area contributed by atoms with Crippen LogP contribution in [0.1, 0.15) is 58.8 Å². The van der Waals surface area contributed by atoms with Crippen LogP contribution in [0.15, 0.2) is 11.6 Å². The predicted molar refractivity (Wildman–Crippen MR) is 94.5 cm³/mol. The van der Waals surface area contributed by atoms with Crippen LogP contribution < -0.4 is 0 Å². The first-order valence-corrected chi connectivity index (χ1v) is 9.81. The monoisotopic (exact) mass is 366 g/mol. The molecule has 0 aromatic heterocycles. The van der Waals surface area contributed by atoms with Crippen LogP contribution in [0.25, 0.3) is 0 Å². The molecule has 0 bridgehead atoms. The van der Waals surface area contributed by atoms with Crippen molar-refractivity contribution in [2.24, 2.45) is 5.92 Å². The summed E-state index contributed by atoms with van der Waals surface area (Å²) in [5.41, 5.74) is 0.897. The molecule has 0 aromatic carbocycles. The average molecular weight is 366 g/mol. The van der Waals surface area contributed by atoms with Gasteiger partial charge in [-0.15, -0.1) is 0 Å². The van der Waals surface area contributed by atoms with Crippen molar-refractivity contribution in [1.82, 2.24) is 0 Å². The van der Waals surface area contributed by atoms with E-state index in [1.807, 2.05) is 6.92 Å². The molecule has 1 aliphatic carbocycles. The van der Waals surface area contributed by atoms with Crippen molar-refractivity contribution in [1.29, 1.82) is 0 Å². The van der Waals surface area contributed by atoms with Gasteiger partial charge in [0.15, 0.2) is 5.79 Å². The zero-order valence-electron chi connectivity index (χ0n) is 15.8. The maximum absolute atomic E-state index is 11.7. The summed E-state index contributed by atoms with van der Waals surface area (Å²) in [5.74, 6) is -0.813. The van der Waals surface area contributed by atoms with Crippen molar-refractivity contribution in [2.75, 3.05) is 13.2 Å². The van der Waals surface area contributed by atoms with Crippen LogP contribution in [0.5, 0.6) is 0 Å². The van der Waals surface area contributed by atoms with E-state index in [1.54, 1.807) is 6.92 Å². The van der Waals surface area contributed by atoms with E-state index in [0.29, 0.717) is 26.1 Å². The third-order valence-electron chi connectivity index (χ3n) is 5.57. The molecule has 0 radical (unpaired) electrons. The van der Waals surface area contributed by atoms with Crippen LogP contribution in [0.3, 0.4) is 0 Å². The number of hydrogen-bond acceptors (Lipinski definition) is 6. The number of rotatable bonds is 6. The van der Waals surface area contributed by atoms with Crippen molar-refractivity contribution in [3.63, 3.8) is 0 Å². The molecule has 3 aliphatic rings. The van der Waals surface area contributed by atoms with Crippen molar-refractivity contribution in [3.05, 3.63) is 11.6 Å². The largest absolute Gasteiger partial charge is 0.463 e. The first-order valence-electron chi connectivity index (χ1n) is 9.81. The van der Waals surface area contributed by atoms with E-state index in [0.717, 1.165) is 37.5 Å². The van der Waals surface area contributed by atoms with Crippen LogP contribution in [0.2, 0.25) is 0 Å². The Balaban J connectivity index is 1.71. The van der Waals surface area contributed by atoms with E-state index >= 15 is 0 Å². The van der Waals surface area contributed by atoms with Crippen LogP contribution in [0.4, 0.5) is 0 Å². The molecule has 4 atom stereocenters. The van der Waals surface area contributed by atoms with Gasteiger partial charge in [-0.25, -0.2) is 4.79 Å². The van der Waals surface area contributed by atoms with Crippen molar-refractivity contribution in [2.45, 2.75) is 82.9 Å². The Morgan fingerprint density at radius 1 is 1.19 bits per heavy atom. The number of aldehydes is 1. The van der Waals surface area contributed by atoms with E-state index in [4.69, 9.17) is 18.9 Å². The average Bonchev–Trinajstić information content (AvgIpc) is 2.97. The van der Waals surface area contributed by atoms with Gasteiger partial charge in [0.25, 0.3) is 0 Å². The molecule has 26 heavy (non-hydrogen) atoms. The summed E-state index contributed by atoms with van der Waals surface area (Å²) >= 11 is 0. The molecule has 1 unspecified atom stereocenters. The van der Waals surface area contributed by atoms with Gasteiger partial charge in [0.2, 0.25) is 0 Å². The summed E-state index contributed by atoms with van der Waals surface area (Å²) in [7, 11) is 0. The van der Waals surface area contributed by atoms with Crippen LogP contribution >= 0.6 is 0 Å². The zero-order chi connectivity index (χ0) is 18.6. The van der Waals surface area contributed by atoms with Crippen molar-refractivity contribution in [3.8, 4) is 0 Å². The SMILES string of the molecule is CCOC(=O)/C=C(\C)C[C@@H]1OCC(CC=O)[C@H]2OC3(CCCCC3)O[C@@H]12. The highest BCUT2D eigenvalue weighted by molar-refractivity contribution is 5.82. The Morgan fingerprint density at radius 3 is 2.62 bits per heavy atom. The molecule has 3 rings (SSSR count). The second kappa shape index (κ2) is 8.63. The van der Waals surface area contributed by atoms with E-state index in [-0.39, 0.29) is 30.2 Å². The molecule has 2 aliphatic heterocycles. The van der Waals surface area contributed by atoms with Gasteiger partial charge in [-0.2, -0.15) is 0 Å². The second-order valence-electron chi connectivity index (χ2n) is 7.62. The van der Waals surface area contributed by atoms with Gasteiger partial charge in [0.05, 0.1) is 25.4 Å². The first-order chi connectivity index (χ1) is 12.6. The number of carbonyl (C=O) groups excluding carboxylic acids is 2. The van der Waals surface area contributed by atoms with Gasteiger partial charge in [0, 0.05) is 31.3 Å². The molecule has 0 N–H and O–H groups in total. The number of fused-ring (bicyclic) bond motifs is 1. The van der Waals surface area contributed by atoms with Gasteiger partial charge in [0.1, 0.15) is 12.4 Å². The fourth-order valence-electron chi connectivity index (χ4n) is 4.34. The quantitative estimate of drug-likeness (QED) is 0.409. The summed E-state index contributed by atoms with van der Waals surface area (Å²) in [5, 5.41) is 0. The maximum atomic E-state index is 11.7. The van der Waals surface area contributed by atoms with E-state index in [2.05, 4.69) is 0 Å². The highest BCUT2D eigenvalue weighted by Crippen LogP contribution is 2.46. The molecule has 0 aromatic rings. The number of ether oxygens (including phenoxy) is 4. The van der Waals surface area contributed by atoms with Crippen LogP contribution in [-0.4, -0.2) is 49.6 Å². The fraction of sp³-hybridized carbons (Fsp3) is 0.800. The minimum Gasteiger partial charge on any atom is -0.463 e. The Morgan fingerprint density at radius 2 is 1.92 bits per heavy atom. The molecular weight excluding hydrogens is 336 g/mol. The maximum Gasteiger partial charge on any atom is 0.330 e. The van der Waals surface area contributed by atoms with Crippen molar-refractivity contribution >= 4 is 12.3 Å². The third kappa shape index (κ3) is 4.35. The summed E-state index contributed by atoms with van der Waals surface area (Å²) in [6.07, 6.45) is 8.20. The number of carbonyl (C=O) groups is 2. The van der Waals surface area contributed by atoms with Crippen molar-refractivity contribution < 1.29 is 28.5 Å². The van der Waals surface area contributed by atoms with E-state index in [9.17, 15) is 9.59 Å². The Kier molecular flexibility index (Phi) is 6.48. The molecule has 1 spiro atoms. The Bertz CT molecular complexity index is 536. The standard InChI is InChI=1S/C20H30O6/c1-3-23-17(22)12-14(2)11-16-19-18(15(7-10-21)13-24-16)25-20(26-19)8-5-4-6-9-20/h10,12,15-16,18-19H,3-9,11,13H2,1-2H3/b14-12+/t15?,16-,18+,19-/m0/s1. The first kappa shape index (κ1) is 19.5. The smallest absolute Gasteiger partial charge is 0.330 e. The zero-order valence-corrected chi connectivity index (χ0v) is 15.8. The summed E-state index contributed by atoms with van der Waals surface area (Å²) < 4.78 is 23.9. The second-order valence-corrected chi connectivity index (χ2v) is 7.62. The molecule has 0 amide bonds. The van der Waals surface area contributed by atoms with E-state index < -0.39 is 5.79 Å². The lowest BCUT2D eigenvalue weighted by Crippen LogP contribution is -2.48. The van der Waals surface area contributed by atoms with Crippen LogP contribution in [0, 0.1) is 5.92 Å². The topological polar surface area (TPSA) is 71.1 Å². The van der Waals surface area contributed by atoms with Gasteiger partial charge < -0.3 is 23.7 Å². The molecule has 6 heteroatoms. The highest BCUT2D eigenvalue weighted by Gasteiger charge is 2.55. The summed E-state index contributed by atoms with van der Waals surface area (Å²) in [4.78, 5) is 22.7. The number of hydrogen-bond donors (Lipinski definition) is 0. The minimum absolute atomic E-state index is 0.0318. The van der Waals surface area contributed by atoms with Gasteiger partial charge >= 0.3 is 5.97 Å². The molecular formula is C20H30O6. The Hall–Kier alpha value is -1.24. The lowest BCUT2D eigenvalue weighted by molar-refractivity contribution is -0.198. The molecule has 2 saturated heterocycles. The molecule has 3 fully saturated rings. The van der Waals surface area contributed by atoms with Gasteiger partial charge in [-0.3, -0.25) is 0 Å². The van der Waals surface area contributed by atoms with Crippen LogP contribution in [-0.2, 0) is 28.5 Å². The molecule has 2 heterocycles. The summed E-state index contributed by atoms with van der Waals surface area (Å²) in [6, 6.07) is 0. The fourth-order valence-corrected chi connectivity index (χ4v) is 4.34. The highest BCUT2D eigenvalue weighted by atomic mass is 16.8. The molecule has 6 nitrogen and oxygen atoms in total. The third-order valence-corrected chi connectivity index (χ3v) is 5.57. The molecule has 146 valence electrons. The predicted octanol–water partition coefficient (Wildman–Crippen LogP) is 2.93. The lowest BCUT2D eigenvalue weighted by Gasteiger charge is -2.36. The normalized spacial score (nSPS) is 33.7. The summed E-state index contributed by atoms with van der Waals surface area (Å²) in [6.45, 7) is 4.53. The lowest BCUT2D eigenvalue weighted by atomic mass is 9.88.